The van der Waals surface area contributed by atoms with E-state index < -0.39 is 10.0 Å². The number of anilines is 1. The molecule has 1 rings (SSSR count). The quantitative estimate of drug-likeness (QED) is 0.730. The molecule has 0 atom stereocenters. The molecule has 70 valence electrons. The summed E-state index contributed by atoms with van der Waals surface area (Å²) >= 11 is 0. The average Bonchev–Trinajstić information content (AvgIpc) is 2.33. The molecule has 0 unspecified atom stereocenters. The predicted octanol–water partition coefficient (Wildman–Crippen LogP) is -0.222. The first-order chi connectivity index (χ1) is 6.01. The van der Waals surface area contributed by atoms with E-state index in [0.29, 0.717) is 5.69 Å². The number of rotatable bonds is 3. The van der Waals surface area contributed by atoms with Crippen LogP contribution in [0.15, 0.2) is 12.4 Å². The zero-order valence-electron chi connectivity index (χ0n) is 6.93. The maximum Gasteiger partial charge on any atom is 0.229 e. The van der Waals surface area contributed by atoms with Crippen molar-refractivity contribution in [3.8, 4) is 6.07 Å². The summed E-state index contributed by atoms with van der Waals surface area (Å²) in [7, 11) is -3.27. The fraction of sp³-hybridized carbons (Fsp3) is 0.333. The molecule has 0 aromatic carbocycles. The van der Waals surface area contributed by atoms with Gasteiger partial charge in [-0.2, -0.15) is 10.4 Å². The molecular formula is C6H8N4O2S. The van der Waals surface area contributed by atoms with Gasteiger partial charge in [0.05, 0.1) is 30.4 Å². The van der Waals surface area contributed by atoms with Crippen molar-refractivity contribution in [2.75, 3.05) is 11.0 Å². The first-order valence-corrected chi connectivity index (χ1v) is 5.27. The van der Waals surface area contributed by atoms with Gasteiger partial charge < -0.3 is 0 Å². The van der Waals surface area contributed by atoms with Crippen molar-refractivity contribution in [1.29, 1.82) is 5.26 Å². The number of aromatic nitrogens is 2. The first-order valence-electron chi connectivity index (χ1n) is 3.38. The lowest BCUT2D eigenvalue weighted by atomic mass is 10.6. The highest BCUT2D eigenvalue weighted by Crippen LogP contribution is 2.05. The minimum absolute atomic E-state index is 0.103. The Morgan fingerprint density at radius 3 is 3.00 bits per heavy atom. The minimum atomic E-state index is -3.27. The lowest BCUT2D eigenvalue weighted by Crippen LogP contribution is -2.08. The zero-order valence-corrected chi connectivity index (χ0v) is 7.74. The van der Waals surface area contributed by atoms with Crippen molar-refractivity contribution in [2.45, 2.75) is 6.54 Å². The molecule has 0 radical (unpaired) electrons. The van der Waals surface area contributed by atoms with Gasteiger partial charge in [0, 0.05) is 0 Å². The van der Waals surface area contributed by atoms with Crippen LogP contribution in [0.5, 0.6) is 0 Å². The standard InChI is InChI=1S/C6H8N4O2S/c1-13(11,12)9-6-4-8-10(5-6)3-2-7/h4-5,9H,3H2,1H3. The number of nitrogens with zero attached hydrogens (tertiary/aromatic N) is 3. The van der Waals surface area contributed by atoms with E-state index in [-0.39, 0.29) is 6.54 Å². The van der Waals surface area contributed by atoms with E-state index in [9.17, 15) is 8.42 Å². The van der Waals surface area contributed by atoms with Crippen LogP contribution in [0.4, 0.5) is 5.69 Å². The maximum atomic E-state index is 10.8. The summed E-state index contributed by atoms with van der Waals surface area (Å²) in [5.41, 5.74) is 0.359. The van der Waals surface area contributed by atoms with Crippen LogP contribution in [0.3, 0.4) is 0 Å². The van der Waals surface area contributed by atoms with Crippen LogP contribution in [-0.4, -0.2) is 24.5 Å². The summed E-state index contributed by atoms with van der Waals surface area (Å²) in [4.78, 5) is 0. The van der Waals surface area contributed by atoms with Gasteiger partial charge in [0.2, 0.25) is 10.0 Å². The Balaban J connectivity index is 2.76. The predicted molar refractivity (Wildman–Crippen MR) is 46.3 cm³/mol. The van der Waals surface area contributed by atoms with Crippen molar-refractivity contribution >= 4 is 15.7 Å². The monoisotopic (exact) mass is 200 g/mol. The number of sulfonamides is 1. The Hall–Kier alpha value is -1.55. The second kappa shape index (κ2) is 3.45. The van der Waals surface area contributed by atoms with Crippen molar-refractivity contribution in [3.05, 3.63) is 12.4 Å². The van der Waals surface area contributed by atoms with Gasteiger partial charge in [-0.15, -0.1) is 0 Å². The van der Waals surface area contributed by atoms with Crippen LogP contribution >= 0.6 is 0 Å². The third-order valence-corrected chi connectivity index (χ3v) is 1.78. The van der Waals surface area contributed by atoms with Gasteiger partial charge in [0.1, 0.15) is 6.54 Å². The molecule has 7 heteroatoms. The molecule has 13 heavy (non-hydrogen) atoms. The highest BCUT2D eigenvalue weighted by molar-refractivity contribution is 7.92. The lowest BCUT2D eigenvalue weighted by molar-refractivity contribution is 0.607. The number of hydrogen-bond donors (Lipinski definition) is 1. The maximum absolute atomic E-state index is 10.8. The van der Waals surface area contributed by atoms with Crippen molar-refractivity contribution < 1.29 is 8.42 Å². The molecule has 1 aromatic rings. The van der Waals surface area contributed by atoms with Crippen molar-refractivity contribution in [2.24, 2.45) is 0 Å². The fourth-order valence-corrected chi connectivity index (χ4v) is 1.32. The first kappa shape index (κ1) is 9.54. The van der Waals surface area contributed by atoms with Gasteiger partial charge >= 0.3 is 0 Å². The van der Waals surface area contributed by atoms with Crippen LogP contribution in [0.25, 0.3) is 0 Å². The smallest absolute Gasteiger partial charge is 0.229 e. The molecule has 0 fully saturated rings. The Morgan fingerprint density at radius 2 is 2.46 bits per heavy atom. The molecule has 0 spiro atoms. The second-order valence-electron chi connectivity index (χ2n) is 2.46. The number of hydrogen-bond acceptors (Lipinski definition) is 4. The Morgan fingerprint density at radius 1 is 1.77 bits per heavy atom. The molecule has 0 aliphatic heterocycles. The summed E-state index contributed by atoms with van der Waals surface area (Å²) in [5, 5.41) is 12.1. The molecule has 6 nitrogen and oxygen atoms in total. The Labute approximate surface area is 75.8 Å². The van der Waals surface area contributed by atoms with E-state index in [1.54, 1.807) is 0 Å². The summed E-state index contributed by atoms with van der Waals surface area (Å²) in [6, 6.07) is 1.88. The van der Waals surface area contributed by atoms with E-state index in [0.717, 1.165) is 6.26 Å². The van der Waals surface area contributed by atoms with Crippen LogP contribution in [-0.2, 0) is 16.6 Å². The number of nitriles is 1. The summed E-state index contributed by atoms with van der Waals surface area (Å²) < 4.78 is 25.1. The van der Waals surface area contributed by atoms with Crippen LogP contribution in [0.2, 0.25) is 0 Å². The molecular weight excluding hydrogens is 192 g/mol. The third kappa shape index (κ3) is 3.13. The van der Waals surface area contributed by atoms with Crippen LogP contribution in [0, 0.1) is 11.3 Å². The highest BCUT2D eigenvalue weighted by Gasteiger charge is 2.03. The van der Waals surface area contributed by atoms with Crippen molar-refractivity contribution in [1.82, 2.24) is 9.78 Å². The van der Waals surface area contributed by atoms with Gasteiger partial charge in [-0.05, 0) is 0 Å². The zero-order chi connectivity index (χ0) is 9.90. The topological polar surface area (TPSA) is 87.8 Å². The van der Waals surface area contributed by atoms with Crippen LogP contribution < -0.4 is 4.72 Å². The fourth-order valence-electron chi connectivity index (χ4n) is 0.789. The molecule has 0 amide bonds. The normalized spacial score (nSPS) is 10.8. The van der Waals surface area contributed by atoms with Crippen molar-refractivity contribution in [3.63, 3.8) is 0 Å². The minimum Gasteiger partial charge on any atom is -0.281 e. The van der Waals surface area contributed by atoms with E-state index in [1.165, 1.54) is 17.1 Å². The molecule has 0 aliphatic carbocycles. The molecule has 1 heterocycles. The van der Waals surface area contributed by atoms with Crippen LogP contribution in [0.1, 0.15) is 0 Å². The van der Waals surface area contributed by atoms with Gasteiger partial charge in [-0.1, -0.05) is 0 Å². The molecule has 1 N–H and O–H groups in total. The largest absolute Gasteiger partial charge is 0.281 e. The second-order valence-corrected chi connectivity index (χ2v) is 4.21. The molecule has 0 saturated carbocycles. The lowest BCUT2D eigenvalue weighted by Gasteiger charge is -1.96. The van der Waals surface area contributed by atoms with E-state index in [1.807, 2.05) is 6.07 Å². The SMILES string of the molecule is CS(=O)(=O)Nc1cnn(CC#N)c1. The highest BCUT2D eigenvalue weighted by atomic mass is 32.2. The van der Waals surface area contributed by atoms with Gasteiger partial charge in [-0.25, -0.2) is 8.42 Å². The third-order valence-electron chi connectivity index (χ3n) is 1.17. The van der Waals surface area contributed by atoms with Gasteiger partial charge in [-0.3, -0.25) is 9.40 Å². The summed E-state index contributed by atoms with van der Waals surface area (Å²) in [5.74, 6) is 0. The molecule has 0 aliphatic rings. The van der Waals surface area contributed by atoms with Gasteiger partial charge in [0.25, 0.3) is 0 Å². The Kier molecular flexibility index (Phi) is 2.53. The van der Waals surface area contributed by atoms with E-state index >= 15 is 0 Å². The summed E-state index contributed by atoms with van der Waals surface area (Å²) in [6.45, 7) is 0.103. The molecule has 0 saturated heterocycles. The average molecular weight is 200 g/mol. The molecule has 1 aromatic heterocycles. The number of nitrogens with one attached hydrogen (secondary N) is 1. The Bertz CT molecular complexity index is 428. The molecule has 0 bridgehead atoms. The van der Waals surface area contributed by atoms with Gasteiger partial charge in [0.15, 0.2) is 0 Å². The van der Waals surface area contributed by atoms with E-state index in [2.05, 4.69) is 9.82 Å². The van der Waals surface area contributed by atoms with E-state index in [4.69, 9.17) is 5.26 Å². The summed E-state index contributed by atoms with van der Waals surface area (Å²) in [6.07, 6.45) is 3.84.